The first kappa shape index (κ1) is 11.7. The number of nitrogens with one attached hydrogen (secondary N) is 1. The van der Waals surface area contributed by atoms with Crippen molar-refractivity contribution in [1.82, 2.24) is 10.3 Å². The average molecular weight is 207 g/mol. The topological polar surface area (TPSA) is 68.0 Å². The maximum atomic E-state index is 11.5. The van der Waals surface area contributed by atoms with Crippen molar-refractivity contribution in [3.8, 4) is 0 Å². The van der Waals surface area contributed by atoms with Crippen molar-refractivity contribution in [2.45, 2.75) is 25.8 Å². The number of carbonyl (C=O) groups is 1. The van der Waals surface area contributed by atoms with Crippen LogP contribution >= 0.6 is 0 Å². The Labute approximate surface area is 89.9 Å². The molecular weight excluding hydrogens is 190 g/mol. The van der Waals surface area contributed by atoms with Gasteiger partial charge in [-0.15, -0.1) is 0 Å². The van der Waals surface area contributed by atoms with Crippen LogP contribution in [0.15, 0.2) is 24.5 Å². The van der Waals surface area contributed by atoms with Gasteiger partial charge < -0.3 is 5.73 Å². The number of aromatic nitrogens is 1. The molecule has 82 valence electrons. The summed E-state index contributed by atoms with van der Waals surface area (Å²) >= 11 is 0. The Bertz CT molecular complexity index is 326. The highest BCUT2D eigenvalue weighted by Crippen LogP contribution is 2.19. The smallest absolute Gasteiger partial charge is 0.242 e. The largest absolute Gasteiger partial charge is 0.368 e. The van der Waals surface area contributed by atoms with Gasteiger partial charge in [-0.05, 0) is 37.6 Å². The Kier molecular flexibility index (Phi) is 3.80. The van der Waals surface area contributed by atoms with E-state index in [4.69, 9.17) is 5.73 Å². The van der Waals surface area contributed by atoms with Crippen molar-refractivity contribution < 1.29 is 4.79 Å². The molecule has 4 heteroatoms. The number of rotatable bonds is 5. The summed E-state index contributed by atoms with van der Waals surface area (Å²) < 4.78 is 0. The first-order chi connectivity index (χ1) is 7.11. The summed E-state index contributed by atoms with van der Waals surface area (Å²) in [5, 5.41) is 3.16. The molecule has 0 aliphatic carbocycles. The van der Waals surface area contributed by atoms with Gasteiger partial charge in [0, 0.05) is 12.4 Å². The van der Waals surface area contributed by atoms with Gasteiger partial charge in [-0.2, -0.15) is 0 Å². The quantitative estimate of drug-likeness (QED) is 0.749. The van der Waals surface area contributed by atoms with Crippen LogP contribution in [0.4, 0.5) is 0 Å². The lowest BCUT2D eigenvalue weighted by atomic mass is 9.92. The van der Waals surface area contributed by atoms with Crippen LogP contribution in [0, 0.1) is 0 Å². The second kappa shape index (κ2) is 4.89. The maximum Gasteiger partial charge on any atom is 0.242 e. The fourth-order valence-corrected chi connectivity index (χ4v) is 1.39. The molecular formula is C11H17N3O. The number of nitrogens with two attached hydrogens (primary N) is 1. The van der Waals surface area contributed by atoms with E-state index in [0.717, 1.165) is 18.5 Å². The highest BCUT2D eigenvalue weighted by Gasteiger charge is 2.31. The highest BCUT2D eigenvalue weighted by atomic mass is 16.1. The molecule has 1 amide bonds. The number of nitrogens with zero attached hydrogens (tertiary/aromatic N) is 1. The van der Waals surface area contributed by atoms with Crippen molar-refractivity contribution in [3.05, 3.63) is 30.1 Å². The molecule has 0 aromatic carbocycles. The van der Waals surface area contributed by atoms with Gasteiger partial charge in [-0.1, -0.05) is 6.92 Å². The molecule has 0 aliphatic heterocycles. The number of hydrogen-bond donors (Lipinski definition) is 2. The van der Waals surface area contributed by atoms with Crippen LogP contribution in [-0.2, 0) is 10.3 Å². The molecule has 0 saturated carbocycles. The normalized spacial score (nSPS) is 14.5. The van der Waals surface area contributed by atoms with Gasteiger partial charge in [-0.3, -0.25) is 15.1 Å². The predicted molar refractivity (Wildman–Crippen MR) is 59.1 cm³/mol. The molecule has 0 bridgehead atoms. The molecule has 1 heterocycles. The zero-order valence-corrected chi connectivity index (χ0v) is 9.16. The summed E-state index contributed by atoms with van der Waals surface area (Å²) in [5.74, 6) is -0.373. The zero-order valence-electron chi connectivity index (χ0n) is 9.16. The van der Waals surface area contributed by atoms with Gasteiger partial charge in [-0.25, -0.2) is 0 Å². The Hall–Kier alpha value is -1.42. The molecule has 1 aromatic heterocycles. The van der Waals surface area contributed by atoms with E-state index in [0.29, 0.717) is 0 Å². The lowest BCUT2D eigenvalue weighted by Gasteiger charge is -2.27. The Balaban J connectivity index is 2.96. The lowest BCUT2D eigenvalue weighted by molar-refractivity contribution is -0.124. The van der Waals surface area contributed by atoms with E-state index >= 15 is 0 Å². The summed E-state index contributed by atoms with van der Waals surface area (Å²) in [5.41, 5.74) is 5.46. The Morgan fingerprint density at radius 3 is 2.60 bits per heavy atom. The maximum absolute atomic E-state index is 11.5. The molecule has 3 N–H and O–H groups in total. The van der Waals surface area contributed by atoms with Gasteiger partial charge in [0.2, 0.25) is 5.91 Å². The monoisotopic (exact) mass is 207 g/mol. The standard InChI is InChI=1S/C11H17N3O/c1-3-6-14-11(2,10(12)15)9-4-7-13-8-5-9/h4-5,7-8,14H,3,6H2,1-2H3,(H2,12,15). The van der Waals surface area contributed by atoms with Crippen molar-refractivity contribution in [3.63, 3.8) is 0 Å². The van der Waals surface area contributed by atoms with Gasteiger partial charge in [0.15, 0.2) is 0 Å². The fraction of sp³-hybridized carbons (Fsp3) is 0.455. The highest BCUT2D eigenvalue weighted by molar-refractivity contribution is 5.85. The van der Waals surface area contributed by atoms with Crippen molar-refractivity contribution >= 4 is 5.91 Å². The molecule has 0 fully saturated rings. The molecule has 1 rings (SSSR count). The van der Waals surface area contributed by atoms with E-state index in [-0.39, 0.29) is 5.91 Å². The van der Waals surface area contributed by atoms with E-state index in [2.05, 4.69) is 10.3 Å². The van der Waals surface area contributed by atoms with E-state index in [9.17, 15) is 4.79 Å². The minimum atomic E-state index is -0.807. The van der Waals surface area contributed by atoms with Crippen LogP contribution < -0.4 is 11.1 Å². The SMILES string of the molecule is CCCNC(C)(C(N)=O)c1ccncc1. The van der Waals surface area contributed by atoms with Crippen LogP contribution in [0.2, 0.25) is 0 Å². The van der Waals surface area contributed by atoms with Crippen LogP contribution in [0.5, 0.6) is 0 Å². The summed E-state index contributed by atoms with van der Waals surface area (Å²) in [6.45, 7) is 4.59. The third-order valence-corrected chi connectivity index (χ3v) is 2.48. The fourth-order valence-electron chi connectivity index (χ4n) is 1.39. The van der Waals surface area contributed by atoms with E-state index in [1.165, 1.54) is 0 Å². The van der Waals surface area contributed by atoms with E-state index in [1.807, 2.05) is 6.92 Å². The summed E-state index contributed by atoms with van der Waals surface area (Å²) in [4.78, 5) is 15.4. The van der Waals surface area contributed by atoms with Gasteiger partial charge in [0.25, 0.3) is 0 Å². The number of pyridine rings is 1. The van der Waals surface area contributed by atoms with Gasteiger partial charge in [0.05, 0.1) is 0 Å². The first-order valence-corrected chi connectivity index (χ1v) is 5.06. The van der Waals surface area contributed by atoms with Crippen LogP contribution in [0.3, 0.4) is 0 Å². The first-order valence-electron chi connectivity index (χ1n) is 5.06. The molecule has 1 unspecified atom stereocenters. The number of primary amides is 1. The second-order valence-corrected chi connectivity index (χ2v) is 3.65. The van der Waals surface area contributed by atoms with Crippen molar-refractivity contribution in [1.29, 1.82) is 0 Å². The molecule has 0 aliphatic rings. The second-order valence-electron chi connectivity index (χ2n) is 3.65. The molecule has 1 aromatic rings. The molecule has 1 atom stereocenters. The molecule has 0 spiro atoms. The van der Waals surface area contributed by atoms with Crippen LogP contribution in [0.25, 0.3) is 0 Å². The molecule has 4 nitrogen and oxygen atoms in total. The Morgan fingerprint density at radius 2 is 2.13 bits per heavy atom. The van der Waals surface area contributed by atoms with Crippen LogP contribution in [-0.4, -0.2) is 17.4 Å². The third kappa shape index (κ3) is 2.53. The van der Waals surface area contributed by atoms with E-state index < -0.39 is 5.54 Å². The summed E-state index contributed by atoms with van der Waals surface area (Å²) in [6.07, 6.45) is 4.27. The van der Waals surface area contributed by atoms with Crippen LogP contribution in [0.1, 0.15) is 25.8 Å². The van der Waals surface area contributed by atoms with Crippen molar-refractivity contribution in [2.24, 2.45) is 5.73 Å². The number of carbonyl (C=O) groups excluding carboxylic acids is 1. The predicted octanol–water partition coefficient (Wildman–Crippen LogP) is 0.782. The van der Waals surface area contributed by atoms with Crippen molar-refractivity contribution in [2.75, 3.05) is 6.54 Å². The minimum absolute atomic E-state index is 0.373. The zero-order chi connectivity index (χ0) is 11.3. The van der Waals surface area contributed by atoms with Gasteiger partial charge in [0.1, 0.15) is 5.54 Å². The molecule has 0 radical (unpaired) electrons. The third-order valence-electron chi connectivity index (χ3n) is 2.48. The average Bonchev–Trinajstić information content (AvgIpc) is 2.27. The summed E-state index contributed by atoms with van der Waals surface area (Å²) in [6, 6.07) is 3.60. The molecule has 15 heavy (non-hydrogen) atoms. The summed E-state index contributed by atoms with van der Waals surface area (Å²) in [7, 11) is 0. The minimum Gasteiger partial charge on any atom is -0.368 e. The van der Waals surface area contributed by atoms with E-state index in [1.54, 1.807) is 31.5 Å². The number of hydrogen-bond acceptors (Lipinski definition) is 3. The Morgan fingerprint density at radius 1 is 1.53 bits per heavy atom. The van der Waals surface area contributed by atoms with Gasteiger partial charge >= 0.3 is 0 Å². The lowest BCUT2D eigenvalue weighted by Crippen LogP contribution is -2.50. The number of amides is 1. The molecule has 0 saturated heterocycles.